The molecule has 0 aliphatic heterocycles. The number of carbonyl (C=O) groups excluding carboxylic acids is 1. The Kier molecular flexibility index (Phi) is 8.60. The Morgan fingerprint density at radius 2 is 1.84 bits per heavy atom. The van der Waals surface area contributed by atoms with E-state index in [2.05, 4.69) is 37.1 Å². The van der Waals surface area contributed by atoms with E-state index >= 15 is 0 Å². The number of benzene rings is 1. The summed E-state index contributed by atoms with van der Waals surface area (Å²) in [6, 6.07) is 8.22. The SMILES string of the molecule is CCCCCCC(C)OC(=O)C(=C=N)C[N+](C)(C)c1ccc(C)cc1. The molecule has 1 N–H and O–H groups in total. The summed E-state index contributed by atoms with van der Waals surface area (Å²) in [6.45, 7) is 6.53. The van der Waals surface area contributed by atoms with Crippen molar-refractivity contribution in [3.8, 4) is 0 Å². The largest absolute Gasteiger partial charge is 0.459 e. The molecule has 4 heteroatoms. The quantitative estimate of drug-likeness (QED) is 0.221. The van der Waals surface area contributed by atoms with Crippen molar-refractivity contribution in [2.45, 2.75) is 59.0 Å². The Balaban J connectivity index is 2.64. The van der Waals surface area contributed by atoms with Gasteiger partial charge in [0, 0.05) is 0 Å². The highest BCUT2D eigenvalue weighted by Gasteiger charge is 2.26. The average Bonchev–Trinajstić information content (AvgIpc) is 2.57. The van der Waals surface area contributed by atoms with Crippen molar-refractivity contribution in [3.05, 3.63) is 35.4 Å². The third-order valence-corrected chi connectivity index (χ3v) is 4.46. The van der Waals surface area contributed by atoms with Crippen LogP contribution in [0.3, 0.4) is 0 Å². The van der Waals surface area contributed by atoms with E-state index in [1.807, 2.05) is 27.9 Å². The zero-order valence-corrected chi connectivity index (χ0v) is 16.4. The van der Waals surface area contributed by atoms with Gasteiger partial charge in [-0.2, -0.15) is 0 Å². The van der Waals surface area contributed by atoms with Crippen LogP contribution in [-0.2, 0) is 9.53 Å². The van der Waals surface area contributed by atoms with Gasteiger partial charge >= 0.3 is 5.97 Å². The van der Waals surface area contributed by atoms with E-state index in [0.29, 0.717) is 11.0 Å². The summed E-state index contributed by atoms with van der Waals surface area (Å²) >= 11 is 0. The highest BCUT2D eigenvalue weighted by molar-refractivity contribution is 5.98. The molecular weight excluding hydrogens is 312 g/mol. The first-order chi connectivity index (χ1) is 11.8. The Bertz CT molecular complexity index is 599. The molecule has 0 spiro atoms. The number of hydrogen-bond donors (Lipinski definition) is 1. The van der Waals surface area contributed by atoms with Crippen LogP contribution in [0.25, 0.3) is 0 Å². The second-order valence-corrected chi connectivity index (χ2v) is 7.35. The molecule has 0 saturated carbocycles. The number of rotatable bonds is 10. The number of hydrogen-bond acceptors (Lipinski definition) is 3. The number of quaternary nitrogens is 1. The molecule has 0 fully saturated rings. The number of carbonyl (C=O) groups is 1. The molecule has 0 saturated heterocycles. The molecule has 1 aromatic rings. The fraction of sp³-hybridized carbons (Fsp3) is 0.571. The highest BCUT2D eigenvalue weighted by atomic mass is 16.5. The minimum atomic E-state index is -0.420. The van der Waals surface area contributed by atoms with Crippen LogP contribution in [0.4, 0.5) is 5.69 Å². The number of nitrogens with one attached hydrogen (secondary N) is 1. The van der Waals surface area contributed by atoms with Crippen LogP contribution in [0.15, 0.2) is 29.8 Å². The maximum atomic E-state index is 12.4. The van der Waals surface area contributed by atoms with Gasteiger partial charge in [-0.05, 0) is 44.7 Å². The summed E-state index contributed by atoms with van der Waals surface area (Å²) in [6.07, 6.45) is 5.39. The Hall–Kier alpha value is -1.90. The van der Waals surface area contributed by atoms with Gasteiger partial charge in [0.2, 0.25) is 0 Å². The number of esters is 1. The van der Waals surface area contributed by atoms with Crippen LogP contribution in [0.1, 0.15) is 51.5 Å². The summed E-state index contributed by atoms with van der Waals surface area (Å²) in [5.41, 5.74) is 2.56. The second kappa shape index (κ2) is 10.2. The number of likely N-dealkylation sites (N-methyl/N-ethyl adjacent to an activating group) is 1. The predicted octanol–water partition coefficient (Wildman–Crippen LogP) is 4.64. The molecular formula is C21H33N2O2+. The predicted molar refractivity (Wildman–Crippen MR) is 105 cm³/mol. The van der Waals surface area contributed by atoms with E-state index in [1.54, 1.807) is 0 Å². The monoisotopic (exact) mass is 345 g/mol. The van der Waals surface area contributed by atoms with E-state index in [-0.39, 0.29) is 11.7 Å². The normalized spacial score (nSPS) is 12.4. The second-order valence-electron chi connectivity index (χ2n) is 7.35. The Morgan fingerprint density at radius 3 is 2.40 bits per heavy atom. The van der Waals surface area contributed by atoms with Gasteiger partial charge in [0.1, 0.15) is 12.2 Å². The lowest BCUT2D eigenvalue weighted by atomic mass is 10.1. The molecule has 25 heavy (non-hydrogen) atoms. The molecule has 1 rings (SSSR count). The molecule has 1 atom stereocenters. The minimum Gasteiger partial charge on any atom is -0.459 e. The van der Waals surface area contributed by atoms with Gasteiger partial charge in [0.25, 0.3) is 0 Å². The van der Waals surface area contributed by atoms with Gasteiger partial charge in [-0.3, -0.25) is 9.89 Å². The zero-order chi connectivity index (χ0) is 18.9. The van der Waals surface area contributed by atoms with Crippen molar-refractivity contribution >= 4 is 17.5 Å². The van der Waals surface area contributed by atoms with E-state index < -0.39 is 5.97 Å². The number of unbranched alkanes of at least 4 members (excludes halogenated alkanes) is 3. The average molecular weight is 346 g/mol. The Morgan fingerprint density at radius 1 is 1.20 bits per heavy atom. The van der Waals surface area contributed by atoms with Crippen molar-refractivity contribution in [2.75, 3.05) is 20.6 Å². The van der Waals surface area contributed by atoms with Crippen LogP contribution < -0.4 is 4.48 Å². The van der Waals surface area contributed by atoms with Gasteiger partial charge in [0.15, 0.2) is 5.57 Å². The molecule has 1 unspecified atom stereocenters. The maximum absolute atomic E-state index is 12.4. The van der Waals surface area contributed by atoms with Gasteiger partial charge in [-0.25, -0.2) is 4.79 Å². The van der Waals surface area contributed by atoms with Crippen LogP contribution in [0, 0.1) is 12.3 Å². The third kappa shape index (κ3) is 7.25. The van der Waals surface area contributed by atoms with E-state index in [0.717, 1.165) is 18.5 Å². The van der Waals surface area contributed by atoms with Gasteiger partial charge in [-0.15, -0.1) is 0 Å². The molecule has 0 aromatic heterocycles. The van der Waals surface area contributed by atoms with Gasteiger partial charge < -0.3 is 4.74 Å². The number of nitrogens with zero attached hydrogens (tertiary/aromatic N) is 1. The lowest BCUT2D eigenvalue weighted by Gasteiger charge is -2.29. The van der Waals surface area contributed by atoms with Gasteiger partial charge in [0.05, 0.1) is 20.2 Å². The summed E-state index contributed by atoms with van der Waals surface area (Å²) in [7, 11) is 4.03. The summed E-state index contributed by atoms with van der Waals surface area (Å²) < 4.78 is 5.99. The molecule has 0 radical (unpaired) electrons. The summed E-state index contributed by atoms with van der Waals surface area (Å²) in [5.74, 6) is 1.88. The van der Waals surface area contributed by atoms with E-state index in [4.69, 9.17) is 10.1 Å². The number of aryl methyl sites for hydroxylation is 1. The van der Waals surface area contributed by atoms with Crippen molar-refractivity contribution in [1.29, 1.82) is 5.41 Å². The van der Waals surface area contributed by atoms with Crippen molar-refractivity contribution in [1.82, 2.24) is 4.48 Å². The first-order valence-electron chi connectivity index (χ1n) is 9.20. The standard InChI is InChI=1S/C21H33N2O2/c1-6-7-8-9-10-18(3)25-21(24)19(15-22)16-23(4,5)20-13-11-17(2)12-14-20/h11-14,18,22H,6-10,16H2,1-5H3/q+1. The molecule has 0 amide bonds. The molecule has 0 bridgehead atoms. The lowest BCUT2D eigenvalue weighted by molar-refractivity contribution is -0.143. The maximum Gasteiger partial charge on any atom is 0.349 e. The van der Waals surface area contributed by atoms with Crippen molar-refractivity contribution < 1.29 is 9.53 Å². The molecule has 0 heterocycles. The topological polar surface area (TPSA) is 50.2 Å². The fourth-order valence-electron chi connectivity index (χ4n) is 2.76. The molecule has 0 aliphatic rings. The lowest BCUT2D eigenvalue weighted by Crippen LogP contribution is -2.43. The Labute approximate surface area is 152 Å². The van der Waals surface area contributed by atoms with Gasteiger partial charge in [-0.1, -0.05) is 43.9 Å². The zero-order valence-electron chi connectivity index (χ0n) is 16.4. The first-order valence-corrected chi connectivity index (χ1v) is 9.20. The summed E-state index contributed by atoms with van der Waals surface area (Å²) in [4.78, 5) is 12.4. The van der Waals surface area contributed by atoms with Crippen molar-refractivity contribution in [3.63, 3.8) is 0 Å². The van der Waals surface area contributed by atoms with Crippen LogP contribution in [-0.4, -0.2) is 38.6 Å². The smallest absolute Gasteiger partial charge is 0.349 e. The molecule has 0 aliphatic carbocycles. The van der Waals surface area contributed by atoms with E-state index in [9.17, 15) is 4.79 Å². The minimum absolute atomic E-state index is 0.123. The van der Waals surface area contributed by atoms with E-state index in [1.165, 1.54) is 24.8 Å². The molecule has 138 valence electrons. The van der Waals surface area contributed by atoms with Crippen LogP contribution >= 0.6 is 0 Å². The third-order valence-electron chi connectivity index (χ3n) is 4.46. The highest BCUT2D eigenvalue weighted by Crippen LogP contribution is 2.21. The summed E-state index contributed by atoms with van der Waals surface area (Å²) in [5, 5.41) is 7.51. The van der Waals surface area contributed by atoms with Crippen LogP contribution in [0.2, 0.25) is 0 Å². The van der Waals surface area contributed by atoms with Crippen molar-refractivity contribution in [2.24, 2.45) is 0 Å². The molecule has 1 aromatic carbocycles. The van der Waals surface area contributed by atoms with Crippen LogP contribution in [0.5, 0.6) is 0 Å². The first kappa shape index (κ1) is 21.1. The fourth-order valence-corrected chi connectivity index (χ4v) is 2.76. The number of ether oxygens (including phenoxy) is 1. The molecule has 4 nitrogen and oxygen atoms in total.